The van der Waals surface area contributed by atoms with Crippen LogP contribution in [0.2, 0.25) is 0 Å². The Morgan fingerprint density at radius 3 is 2.44 bits per heavy atom. The Labute approximate surface area is 112 Å². The summed E-state index contributed by atoms with van der Waals surface area (Å²) in [5.41, 5.74) is 9.59. The fourth-order valence-corrected chi connectivity index (χ4v) is 3.17. The van der Waals surface area contributed by atoms with Gasteiger partial charge in [-0.2, -0.15) is 0 Å². The third kappa shape index (κ3) is 5.29. The summed E-state index contributed by atoms with van der Waals surface area (Å²) in [6.07, 6.45) is 0.822. The average Bonchev–Trinajstić information content (AvgIpc) is 2.28. The van der Waals surface area contributed by atoms with Gasteiger partial charge in [-0.1, -0.05) is 29.3 Å². The molecule has 0 aliphatic carbocycles. The molecule has 2 unspecified atom stereocenters. The van der Waals surface area contributed by atoms with Crippen molar-refractivity contribution in [3.63, 3.8) is 0 Å². The van der Waals surface area contributed by atoms with Gasteiger partial charge < -0.3 is 10.5 Å². The molecule has 0 aliphatic heterocycles. The second-order valence-electron chi connectivity index (χ2n) is 4.68. The van der Waals surface area contributed by atoms with Crippen LogP contribution in [0.15, 0.2) is 18.2 Å². The zero-order chi connectivity index (χ0) is 13.5. The minimum Gasteiger partial charge on any atom is -0.385 e. The SMILES string of the molecule is COCCCS(=O)CC(N)c1cc(C)cc(C)c1. The van der Waals surface area contributed by atoms with E-state index in [1.54, 1.807) is 7.11 Å². The van der Waals surface area contributed by atoms with Crippen LogP contribution in [0, 0.1) is 13.8 Å². The van der Waals surface area contributed by atoms with Gasteiger partial charge >= 0.3 is 0 Å². The van der Waals surface area contributed by atoms with Crippen molar-refractivity contribution in [1.82, 2.24) is 0 Å². The molecule has 1 aromatic carbocycles. The van der Waals surface area contributed by atoms with Crippen LogP contribution < -0.4 is 5.73 Å². The van der Waals surface area contributed by atoms with Crippen molar-refractivity contribution in [2.45, 2.75) is 26.3 Å². The number of hydrogen-bond acceptors (Lipinski definition) is 3. The van der Waals surface area contributed by atoms with Gasteiger partial charge in [-0.15, -0.1) is 0 Å². The number of rotatable bonds is 7. The third-order valence-corrected chi connectivity index (χ3v) is 4.23. The molecule has 0 amide bonds. The van der Waals surface area contributed by atoms with Crippen molar-refractivity contribution in [3.8, 4) is 0 Å². The molecule has 4 heteroatoms. The summed E-state index contributed by atoms with van der Waals surface area (Å²) < 4.78 is 16.8. The van der Waals surface area contributed by atoms with Crippen LogP contribution >= 0.6 is 0 Å². The van der Waals surface area contributed by atoms with Crippen LogP contribution in [0.1, 0.15) is 29.2 Å². The van der Waals surface area contributed by atoms with Crippen LogP contribution in [0.3, 0.4) is 0 Å². The topological polar surface area (TPSA) is 52.3 Å². The molecule has 1 aromatic rings. The lowest BCUT2D eigenvalue weighted by atomic mass is 10.0. The van der Waals surface area contributed by atoms with Gasteiger partial charge in [0.05, 0.1) is 0 Å². The van der Waals surface area contributed by atoms with E-state index in [2.05, 4.69) is 32.0 Å². The Bertz CT molecular complexity index is 387. The van der Waals surface area contributed by atoms with Gasteiger partial charge in [0.25, 0.3) is 0 Å². The van der Waals surface area contributed by atoms with E-state index in [-0.39, 0.29) is 6.04 Å². The maximum atomic E-state index is 11.8. The van der Waals surface area contributed by atoms with E-state index in [1.807, 2.05) is 0 Å². The van der Waals surface area contributed by atoms with Crippen molar-refractivity contribution in [2.75, 3.05) is 25.2 Å². The van der Waals surface area contributed by atoms with Crippen molar-refractivity contribution in [1.29, 1.82) is 0 Å². The summed E-state index contributed by atoms with van der Waals surface area (Å²) in [7, 11) is 0.787. The monoisotopic (exact) mass is 269 g/mol. The van der Waals surface area contributed by atoms with Gasteiger partial charge in [0, 0.05) is 42.1 Å². The summed E-state index contributed by atoms with van der Waals surface area (Å²) in [4.78, 5) is 0. The lowest BCUT2D eigenvalue weighted by molar-refractivity contribution is 0.200. The highest BCUT2D eigenvalue weighted by molar-refractivity contribution is 7.85. The predicted octanol–water partition coefficient (Wildman–Crippen LogP) is 2.09. The highest BCUT2D eigenvalue weighted by Gasteiger charge is 2.11. The average molecular weight is 269 g/mol. The zero-order valence-electron chi connectivity index (χ0n) is 11.4. The lowest BCUT2D eigenvalue weighted by Gasteiger charge is -2.13. The van der Waals surface area contributed by atoms with Crippen molar-refractivity contribution < 1.29 is 8.95 Å². The van der Waals surface area contributed by atoms with Crippen LogP contribution in [0.5, 0.6) is 0 Å². The first-order chi connectivity index (χ1) is 8.52. The van der Waals surface area contributed by atoms with Gasteiger partial charge in [-0.25, -0.2) is 0 Å². The number of hydrogen-bond donors (Lipinski definition) is 1. The number of benzene rings is 1. The Balaban J connectivity index is 2.53. The van der Waals surface area contributed by atoms with E-state index in [0.717, 1.165) is 12.0 Å². The van der Waals surface area contributed by atoms with Gasteiger partial charge in [-0.3, -0.25) is 4.21 Å². The summed E-state index contributed by atoms with van der Waals surface area (Å²) in [6, 6.07) is 6.12. The van der Waals surface area contributed by atoms with Crippen molar-refractivity contribution >= 4 is 10.8 Å². The largest absolute Gasteiger partial charge is 0.385 e. The summed E-state index contributed by atoms with van der Waals surface area (Å²) in [6.45, 7) is 4.77. The van der Waals surface area contributed by atoms with Gasteiger partial charge in [-0.05, 0) is 25.8 Å². The predicted molar refractivity (Wildman–Crippen MR) is 77.2 cm³/mol. The molecular formula is C14H23NO2S. The molecule has 3 nitrogen and oxygen atoms in total. The number of nitrogens with two attached hydrogens (primary N) is 1. The fraction of sp³-hybridized carbons (Fsp3) is 0.571. The highest BCUT2D eigenvalue weighted by atomic mass is 32.2. The second-order valence-corrected chi connectivity index (χ2v) is 6.31. The van der Waals surface area contributed by atoms with Crippen molar-refractivity contribution in [2.24, 2.45) is 5.73 Å². The molecule has 0 radical (unpaired) electrons. The summed E-state index contributed by atoms with van der Waals surface area (Å²) >= 11 is 0. The minimum atomic E-state index is -0.870. The maximum Gasteiger partial charge on any atom is 0.0471 e. The van der Waals surface area contributed by atoms with Gasteiger partial charge in [0.2, 0.25) is 0 Å². The molecule has 0 saturated heterocycles. The Morgan fingerprint density at radius 2 is 1.89 bits per heavy atom. The molecule has 0 bridgehead atoms. The van der Waals surface area contributed by atoms with E-state index >= 15 is 0 Å². The molecule has 1 rings (SSSR count). The molecule has 0 spiro atoms. The van der Waals surface area contributed by atoms with Crippen LogP contribution in [-0.2, 0) is 15.5 Å². The molecular weight excluding hydrogens is 246 g/mol. The van der Waals surface area contributed by atoms with E-state index in [0.29, 0.717) is 18.1 Å². The number of aryl methyl sites for hydroxylation is 2. The Hall–Kier alpha value is -0.710. The second kappa shape index (κ2) is 7.67. The smallest absolute Gasteiger partial charge is 0.0471 e. The summed E-state index contributed by atoms with van der Waals surface area (Å²) in [5, 5.41) is 0. The Kier molecular flexibility index (Phi) is 6.54. The first kappa shape index (κ1) is 15.3. The first-order valence-corrected chi connectivity index (χ1v) is 7.69. The maximum absolute atomic E-state index is 11.8. The molecule has 0 saturated carbocycles. The quantitative estimate of drug-likeness (QED) is 0.771. The molecule has 0 aliphatic rings. The zero-order valence-corrected chi connectivity index (χ0v) is 12.3. The van der Waals surface area contributed by atoms with E-state index < -0.39 is 10.8 Å². The summed E-state index contributed by atoms with van der Waals surface area (Å²) in [5.74, 6) is 1.18. The molecule has 0 aromatic heterocycles. The first-order valence-electron chi connectivity index (χ1n) is 6.20. The van der Waals surface area contributed by atoms with E-state index in [1.165, 1.54) is 11.1 Å². The Morgan fingerprint density at radius 1 is 1.28 bits per heavy atom. The van der Waals surface area contributed by atoms with Gasteiger partial charge in [0.1, 0.15) is 0 Å². The molecule has 2 N–H and O–H groups in total. The highest BCUT2D eigenvalue weighted by Crippen LogP contribution is 2.16. The third-order valence-electron chi connectivity index (χ3n) is 2.76. The van der Waals surface area contributed by atoms with Crippen molar-refractivity contribution in [3.05, 3.63) is 34.9 Å². The van der Waals surface area contributed by atoms with Crippen LogP contribution in [0.4, 0.5) is 0 Å². The van der Waals surface area contributed by atoms with Gasteiger partial charge in [0.15, 0.2) is 0 Å². The van der Waals surface area contributed by atoms with E-state index in [9.17, 15) is 4.21 Å². The molecule has 102 valence electrons. The minimum absolute atomic E-state index is 0.146. The van der Waals surface area contributed by atoms with E-state index in [4.69, 9.17) is 10.5 Å². The molecule has 18 heavy (non-hydrogen) atoms. The molecule has 0 fully saturated rings. The lowest BCUT2D eigenvalue weighted by Crippen LogP contribution is -2.20. The molecule has 0 heterocycles. The number of methoxy groups -OCH3 is 1. The van der Waals surface area contributed by atoms with Crippen LogP contribution in [0.25, 0.3) is 0 Å². The van der Waals surface area contributed by atoms with Crippen LogP contribution in [-0.4, -0.2) is 29.4 Å². The number of ether oxygens (including phenoxy) is 1. The fourth-order valence-electron chi connectivity index (χ4n) is 1.97. The molecule has 2 atom stereocenters. The standard InChI is InChI=1S/C14H23NO2S/c1-11-7-12(2)9-13(8-11)14(15)10-18(16)6-4-5-17-3/h7-9,14H,4-6,10,15H2,1-3H3. The normalized spacial score (nSPS) is 14.4.